The zero-order chi connectivity index (χ0) is 25.9. The van der Waals surface area contributed by atoms with Gasteiger partial charge in [-0.05, 0) is 61.1 Å². The summed E-state index contributed by atoms with van der Waals surface area (Å²) in [6, 6.07) is 16.4. The molecule has 37 heavy (non-hydrogen) atoms. The molecule has 0 bridgehead atoms. The molecule has 1 fully saturated rings. The Labute approximate surface area is 217 Å². The van der Waals surface area contributed by atoms with E-state index >= 15 is 0 Å². The number of likely N-dealkylation sites (tertiary alicyclic amines) is 1. The molecule has 2 aromatic heterocycles. The van der Waals surface area contributed by atoms with Gasteiger partial charge in [0.25, 0.3) is 5.91 Å². The van der Waals surface area contributed by atoms with Crippen LogP contribution in [0.3, 0.4) is 0 Å². The Morgan fingerprint density at radius 3 is 2.62 bits per heavy atom. The molecule has 1 saturated heterocycles. The predicted octanol–water partition coefficient (Wildman–Crippen LogP) is 4.42. The molecule has 0 aliphatic carbocycles. The van der Waals surface area contributed by atoms with Gasteiger partial charge in [0.2, 0.25) is 0 Å². The normalized spacial score (nSPS) is 14.2. The molecule has 0 unspecified atom stereocenters. The molecule has 8 heteroatoms. The number of benzene rings is 2. The van der Waals surface area contributed by atoms with Gasteiger partial charge < -0.3 is 25.2 Å². The topological polar surface area (TPSA) is 97.4 Å². The number of hydrogen-bond acceptors (Lipinski definition) is 6. The van der Waals surface area contributed by atoms with E-state index in [0.29, 0.717) is 18.0 Å². The van der Waals surface area contributed by atoms with Crippen molar-refractivity contribution in [3.63, 3.8) is 0 Å². The highest BCUT2D eigenvalue weighted by Gasteiger charge is 2.25. The number of likely N-dealkylation sites (N-methyl/N-ethyl adjacent to an activating group) is 1. The number of aryl methyl sites for hydroxylation is 1. The van der Waals surface area contributed by atoms with Gasteiger partial charge in [-0.15, -0.1) is 0 Å². The van der Waals surface area contributed by atoms with Gasteiger partial charge in [0.05, 0.1) is 23.8 Å². The molecule has 2 aromatic carbocycles. The molecule has 3 N–H and O–H groups in total. The van der Waals surface area contributed by atoms with E-state index in [9.17, 15) is 9.90 Å². The lowest BCUT2D eigenvalue weighted by Gasteiger charge is -2.32. The van der Waals surface area contributed by atoms with Crippen molar-refractivity contribution in [3.05, 3.63) is 71.4 Å². The summed E-state index contributed by atoms with van der Waals surface area (Å²) >= 11 is 0. The number of H-pyrrole nitrogens is 1. The number of fused-ring (bicyclic) bond motifs is 1. The van der Waals surface area contributed by atoms with Crippen LogP contribution in [0.1, 0.15) is 40.2 Å². The molecule has 0 spiro atoms. The minimum atomic E-state index is 0.0590. The first kappa shape index (κ1) is 24.8. The number of piperidine rings is 1. The fourth-order valence-corrected chi connectivity index (χ4v) is 5.03. The second kappa shape index (κ2) is 10.6. The number of pyridine rings is 1. The van der Waals surface area contributed by atoms with Crippen LogP contribution in [0.4, 0.5) is 11.5 Å². The zero-order valence-electron chi connectivity index (χ0n) is 21.7. The first-order valence-electron chi connectivity index (χ1n) is 12.8. The lowest BCUT2D eigenvalue weighted by atomic mass is 9.89. The van der Waals surface area contributed by atoms with Crippen LogP contribution in [0, 0.1) is 6.92 Å². The summed E-state index contributed by atoms with van der Waals surface area (Å²) in [5, 5.41) is 12.4. The average Bonchev–Trinajstić information content (AvgIpc) is 3.36. The Kier molecular flexibility index (Phi) is 7.10. The molecule has 1 aliphatic rings. The maximum atomic E-state index is 13.4. The number of aromatic nitrogens is 3. The van der Waals surface area contributed by atoms with Crippen LogP contribution in [0.2, 0.25) is 0 Å². The van der Waals surface area contributed by atoms with Crippen molar-refractivity contribution in [3.8, 4) is 11.4 Å². The molecule has 1 amide bonds. The van der Waals surface area contributed by atoms with Crippen molar-refractivity contribution in [2.24, 2.45) is 0 Å². The second-order valence-electron chi connectivity index (χ2n) is 9.76. The first-order valence-corrected chi connectivity index (χ1v) is 12.8. The summed E-state index contributed by atoms with van der Waals surface area (Å²) in [7, 11) is 3.82. The molecule has 1 aliphatic heterocycles. The van der Waals surface area contributed by atoms with Crippen LogP contribution in [-0.2, 0) is 0 Å². The molecular formula is C29H34N6O2. The van der Waals surface area contributed by atoms with E-state index in [1.807, 2.05) is 55.1 Å². The molecule has 0 saturated carbocycles. The second-order valence-corrected chi connectivity index (χ2v) is 9.76. The van der Waals surface area contributed by atoms with Crippen LogP contribution in [0.25, 0.3) is 22.4 Å². The monoisotopic (exact) mass is 498 g/mol. The summed E-state index contributed by atoms with van der Waals surface area (Å²) in [5.41, 5.74) is 6.72. The summed E-state index contributed by atoms with van der Waals surface area (Å²) in [5.74, 6) is 2.01. The van der Waals surface area contributed by atoms with Gasteiger partial charge >= 0.3 is 0 Å². The molecule has 3 heterocycles. The Hall–Kier alpha value is -3.91. The number of hydrogen-bond donors (Lipinski definition) is 3. The predicted molar refractivity (Wildman–Crippen MR) is 148 cm³/mol. The fourth-order valence-electron chi connectivity index (χ4n) is 5.03. The highest BCUT2D eigenvalue weighted by molar-refractivity contribution is 5.96. The number of nitrogens with zero attached hydrogens (tertiary/aromatic N) is 4. The van der Waals surface area contributed by atoms with E-state index in [1.54, 1.807) is 6.20 Å². The molecule has 4 aromatic rings. The van der Waals surface area contributed by atoms with Crippen LogP contribution < -0.4 is 10.2 Å². The van der Waals surface area contributed by atoms with Gasteiger partial charge in [-0.25, -0.2) is 9.97 Å². The Balaban J connectivity index is 1.32. The smallest absolute Gasteiger partial charge is 0.253 e. The van der Waals surface area contributed by atoms with Gasteiger partial charge in [0.15, 0.2) is 0 Å². The Morgan fingerprint density at radius 1 is 1.16 bits per heavy atom. The van der Waals surface area contributed by atoms with E-state index in [2.05, 4.69) is 39.6 Å². The Morgan fingerprint density at radius 2 is 1.92 bits per heavy atom. The minimum absolute atomic E-state index is 0.0590. The van der Waals surface area contributed by atoms with Gasteiger partial charge in [0.1, 0.15) is 11.6 Å². The largest absolute Gasteiger partial charge is 0.395 e. The number of aromatic amines is 1. The number of rotatable bonds is 7. The molecule has 0 radical (unpaired) electrons. The summed E-state index contributed by atoms with van der Waals surface area (Å²) in [6.07, 6.45) is 3.69. The van der Waals surface area contributed by atoms with Crippen LogP contribution in [-0.4, -0.2) is 71.2 Å². The SMILES string of the molecule is CNc1ccc(C2CCN(C(=O)c3ccc(C)c(-c4nc5cc(N(C)CCO)ncc5[nH]4)c3)CC2)cc1. The molecule has 8 nitrogen and oxygen atoms in total. The van der Waals surface area contributed by atoms with E-state index in [-0.39, 0.29) is 12.5 Å². The number of carbonyl (C=O) groups is 1. The number of nitrogens with one attached hydrogen (secondary N) is 2. The molecule has 0 atom stereocenters. The molecular weight excluding hydrogens is 464 g/mol. The maximum absolute atomic E-state index is 13.4. The van der Waals surface area contributed by atoms with E-state index in [0.717, 1.165) is 65.4 Å². The molecule has 5 rings (SSSR count). The first-order chi connectivity index (χ1) is 18.0. The van der Waals surface area contributed by atoms with E-state index < -0.39 is 0 Å². The van der Waals surface area contributed by atoms with Gasteiger partial charge in [-0.1, -0.05) is 18.2 Å². The number of imidazole rings is 1. The third kappa shape index (κ3) is 5.15. The molecule has 192 valence electrons. The van der Waals surface area contributed by atoms with Crippen LogP contribution >= 0.6 is 0 Å². The standard InChI is InChI=1S/C29H34N6O2/c1-19-4-5-22(29(37)35-12-10-21(11-13-35)20-6-8-23(30-2)9-7-20)16-24(19)28-32-25-17-27(34(3)14-15-36)31-18-26(25)33-28/h4-9,16-18,21,30,36H,10-15H2,1-3H3,(H,32,33). The van der Waals surface area contributed by atoms with Gasteiger partial charge in [-0.2, -0.15) is 0 Å². The highest BCUT2D eigenvalue weighted by Crippen LogP contribution is 2.31. The van der Waals surface area contributed by atoms with Crippen molar-refractivity contribution in [2.75, 3.05) is 50.6 Å². The maximum Gasteiger partial charge on any atom is 0.253 e. The minimum Gasteiger partial charge on any atom is -0.395 e. The third-order valence-corrected chi connectivity index (χ3v) is 7.37. The highest BCUT2D eigenvalue weighted by atomic mass is 16.3. The summed E-state index contributed by atoms with van der Waals surface area (Å²) in [4.78, 5) is 29.9. The summed E-state index contributed by atoms with van der Waals surface area (Å²) in [6.45, 7) is 4.09. The van der Waals surface area contributed by atoms with Crippen LogP contribution in [0.15, 0.2) is 54.7 Å². The summed E-state index contributed by atoms with van der Waals surface area (Å²) < 4.78 is 0. The van der Waals surface area contributed by atoms with Crippen molar-refractivity contribution in [1.82, 2.24) is 19.9 Å². The van der Waals surface area contributed by atoms with Crippen LogP contribution in [0.5, 0.6) is 0 Å². The lowest BCUT2D eigenvalue weighted by molar-refractivity contribution is 0.0713. The average molecular weight is 499 g/mol. The Bertz CT molecular complexity index is 1390. The van der Waals surface area contributed by atoms with Crippen molar-refractivity contribution in [1.29, 1.82) is 0 Å². The van der Waals surface area contributed by atoms with E-state index in [4.69, 9.17) is 4.98 Å². The lowest BCUT2D eigenvalue weighted by Crippen LogP contribution is -2.37. The van der Waals surface area contributed by atoms with Crippen molar-refractivity contribution in [2.45, 2.75) is 25.7 Å². The van der Waals surface area contributed by atoms with Crippen molar-refractivity contribution < 1.29 is 9.90 Å². The number of aliphatic hydroxyl groups excluding tert-OH is 1. The fraction of sp³-hybridized carbons (Fsp3) is 0.345. The zero-order valence-corrected chi connectivity index (χ0v) is 21.7. The third-order valence-electron chi connectivity index (χ3n) is 7.37. The number of carbonyl (C=O) groups excluding carboxylic acids is 1. The number of aliphatic hydroxyl groups is 1. The van der Waals surface area contributed by atoms with Gasteiger partial charge in [0, 0.05) is 56.6 Å². The quantitative estimate of drug-likeness (QED) is 0.349. The van der Waals surface area contributed by atoms with E-state index in [1.165, 1.54) is 5.56 Å². The number of amides is 1. The van der Waals surface area contributed by atoms with Gasteiger partial charge in [-0.3, -0.25) is 4.79 Å². The van der Waals surface area contributed by atoms with Crippen molar-refractivity contribution >= 4 is 28.4 Å². The number of anilines is 2.